The van der Waals surface area contributed by atoms with E-state index in [-0.39, 0.29) is 0 Å². The van der Waals surface area contributed by atoms with E-state index in [1.165, 1.54) is 25.9 Å². The van der Waals surface area contributed by atoms with Crippen LogP contribution in [0.2, 0.25) is 0 Å². The second-order valence-electron chi connectivity index (χ2n) is 2.61. The van der Waals surface area contributed by atoms with Crippen molar-refractivity contribution in [1.82, 2.24) is 4.90 Å². The molecule has 0 aromatic heterocycles. The summed E-state index contributed by atoms with van der Waals surface area (Å²) >= 11 is 2.48. The highest BCUT2D eigenvalue weighted by atomic mass is 127. The quantitative estimate of drug-likeness (QED) is 0.415. The lowest BCUT2D eigenvalue weighted by molar-refractivity contribution is 0.278. The second kappa shape index (κ2) is 6.40. The number of halogens is 1. The molecule has 0 spiro atoms. The SMILES string of the molecule is CCCN(CCC)C(C)I. The van der Waals surface area contributed by atoms with Gasteiger partial charge in [0.15, 0.2) is 0 Å². The fraction of sp³-hybridized carbons (Fsp3) is 1.00. The molecule has 0 aromatic rings. The highest BCUT2D eigenvalue weighted by Crippen LogP contribution is 2.07. The molecule has 0 fully saturated rings. The van der Waals surface area contributed by atoms with Crippen molar-refractivity contribution >= 4 is 22.6 Å². The van der Waals surface area contributed by atoms with Crippen LogP contribution in [0.3, 0.4) is 0 Å². The largest absolute Gasteiger partial charge is 0.292 e. The van der Waals surface area contributed by atoms with Gasteiger partial charge in [-0.1, -0.05) is 36.4 Å². The number of hydrogen-bond donors (Lipinski definition) is 0. The van der Waals surface area contributed by atoms with Crippen LogP contribution in [0.4, 0.5) is 0 Å². The first-order valence-corrected chi connectivity index (χ1v) is 5.35. The van der Waals surface area contributed by atoms with Crippen LogP contribution >= 0.6 is 22.6 Å². The van der Waals surface area contributed by atoms with Gasteiger partial charge in [0.1, 0.15) is 0 Å². The number of alkyl halides is 1. The second-order valence-corrected chi connectivity index (χ2v) is 4.41. The van der Waals surface area contributed by atoms with Gasteiger partial charge in [-0.25, -0.2) is 0 Å². The summed E-state index contributed by atoms with van der Waals surface area (Å²) in [5.41, 5.74) is 0. The van der Waals surface area contributed by atoms with Gasteiger partial charge in [0.05, 0.1) is 4.05 Å². The maximum Gasteiger partial charge on any atom is 0.0589 e. The summed E-state index contributed by atoms with van der Waals surface area (Å²) in [6, 6.07) is 0. The summed E-state index contributed by atoms with van der Waals surface area (Å²) in [7, 11) is 0. The summed E-state index contributed by atoms with van der Waals surface area (Å²) in [5, 5.41) is 0. The fourth-order valence-electron chi connectivity index (χ4n) is 1.04. The molecule has 62 valence electrons. The fourth-order valence-corrected chi connectivity index (χ4v) is 1.60. The normalized spacial score (nSPS) is 14.1. The highest BCUT2D eigenvalue weighted by Gasteiger charge is 2.06. The Balaban J connectivity index is 3.50. The van der Waals surface area contributed by atoms with Crippen molar-refractivity contribution in [2.45, 2.75) is 37.7 Å². The van der Waals surface area contributed by atoms with Gasteiger partial charge in [-0.05, 0) is 32.9 Å². The summed E-state index contributed by atoms with van der Waals surface area (Å²) in [6.07, 6.45) is 2.54. The maximum atomic E-state index is 2.51. The molecule has 0 bridgehead atoms. The number of nitrogens with zero attached hydrogens (tertiary/aromatic N) is 1. The minimum absolute atomic E-state index is 0.692. The monoisotopic (exact) mass is 255 g/mol. The van der Waals surface area contributed by atoms with E-state index in [1.807, 2.05) is 0 Å². The average Bonchev–Trinajstić information content (AvgIpc) is 1.87. The summed E-state index contributed by atoms with van der Waals surface area (Å²) in [6.45, 7) is 9.23. The Kier molecular flexibility index (Phi) is 6.85. The predicted molar refractivity (Wildman–Crippen MR) is 55.6 cm³/mol. The zero-order valence-corrected chi connectivity index (χ0v) is 9.39. The van der Waals surface area contributed by atoms with Crippen LogP contribution in [0.5, 0.6) is 0 Å². The molecule has 0 aromatic carbocycles. The summed E-state index contributed by atoms with van der Waals surface area (Å²) in [4.78, 5) is 2.51. The Hall–Kier alpha value is 0.690. The van der Waals surface area contributed by atoms with Gasteiger partial charge in [0.25, 0.3) is 0 Å². The predicted octanol–water partition coefficient (Wildman–Crippen LogP) is 2.89. The molecule has 1 nitrogen and oxygen atoms in total. The van der Waals surface area contributed by atoms with Gasteiger partial charge in [-0.3, -0.25) is 4.90 Å². The molecule has 0 saturated carbocycles. The molecule has 0 rings (SSSR count). The van der Waals surface area contributed by atoms with Crippen LogP contribution in [-0.4, -0.2) is 22.0 Å². The standard InChI is InChI=1S/C8H18IN/c1-4-6-10(7-5-2)8(3)9/h8H,4-7H2,1-3H3. The molecule has 0 N–H and O–H groups in total. The van der Waals surface area contributed by atoms with Crippen LogP contribution in [0.15, 0.2) is 0 Å². The molecule has 2 heteroatoms. The van der Waals surface area contributed by atoms with E-state index in [1.54, 1.807) is 0 Å². The van der Waals surface area contributed by atoms with Gasteiger partial charge in [0.2, 0.25) is 0 Å². The maximum absolute atomic E-state index is 2.51. The third-order valence-corrected chi connectivity index (χ3v) is 2.31. The molecule has 0 aliphatic carbocycles. The molecular formula is C8H18IN. The third-order valence-electron chi connectivity index (χ3n) is 1.52. The molecule has 0 heterocycles. The minimum atomic E-state index is 0.692. The molecule has 0 aliphatic rings. The van der Waals surface area contributed by atoms with Crippen molar-refractivity contribution in [1.29, 1.82) is 0 Å². The topological polar surface area (TPSA) is 3.24 Å². The lowest BCUT2D eigenvalue weighted by atomic mass is 10.3. The average molecular weight is 255 g/mol. The molecule has 0 aliphatic heterocycles. The van der Waals surface area contributed by atoms with E-state index in [2.05, 4.69) is 48.3 Å². The van der Waals surface area contributed by atoms with Crippen molar-refractivity contribution in [3.05, 3.63) is 0 Å². The third kappa shape index (κ3) is 4.50. The Morgan fingerprint density at radius 2 is 1.60 bits per heavy atom. The summed E-state index contributed by atoms with van der Waals surface area (Å²) < 4.78 is 0.692. The van der Waals surface area contributed by atoms with Crippen molar-refractivity contribution < 1.29 is 0 Å². The van der Waals surface area contributed by atoms with Crippen molar-refractivity contribution in [2.75, 3.05) is 13.1 Å². The van der Waals surface area contributed by atoms with E-state index >= 15 is 0 Å². The van der Waals surface area contributed by atoms with E-state index in [0.717, 1.165) is 0 Å². The molecule has 1 atom stereocenters. The molecule has 0 amide bonds. The van der Waals surface area contributed by atoms with E-state index in [0.29, 0.717) is 4.05 Å². The van der Waals surface area contributed by atoms with Gasteiger partial charge >= 0.3 is 0 Å². The zero-order chi connectivity index (χ0) is 7.98. The van der Waals surface area contributed by atoms with Gasteiger partial charge in [-0.15, -0.1) is 0 Å². The zero-order valence-electron chi connectivity index (χ0n) is 7.23. The molecule has 1 unspecified atom stereocenters. The Bertz CT molecular complexity index is 67.7. The highest BCUT2D eigenvalue weighted by molar-refractivity contribution is 14.1. The van der Waals surface area contributed by atoms with Crippen LogP contribution in [0.1, 0.15) is 33.6 Å². The Labute approximate surface area is 78.3 Å². The molecule has 0 radical (unpaired) electrons. The smallest absolute Gasteiger partial charge is 0.0589 e. The molecular weight excluding hydrogens is 237 g/mol. The van der Waals surface area contributed by atoms with E-state index < -0.39 is 0 Å². The number of hydrogen-bond acceptors (Lipinski definition) is 1. The van der Waals surface area contributed by atoms with E-state index in [9.17, 15) is 0 Å². The molecule has 10 heavy (non-hydrogen) atoms. The van der Waals surface area contributed by atoms with Crippen LogP contribution < -0.4 is 0 Å². The van der Waals surface area contributed by atoms with Crippen LogP contribution in [0.25, 0.3) is 0 Å². The lowest BCUT2D eigenvalue weighted by Crippen LogP contribution is -2.30. The van der Waals surface area contributed by atoms with Crippen molar-refractivity contribution in [3.63, 3.8) is 0 Å². The van der Waals surface area contributed by atoms with Crippen molar-refractivity contribution in [2.24, 2.45) is 0 Å². The van der Waals surface area contributed by atoms with Crippen LogP contribution in [0, 0.1) is 0 Å². The van der Waals surface area contributed by atoms with Gasteiger partial charge in [-0.2, -0.15) is 0 Å². The van der Waals surface area contributed by atoms with Gasteiger partial charge < -0.3 is 0 Å². The minimum Gasteiger partial charge on any atom is -0.292 e. The first kappa shape index (κ1) is 10.7. The van der Waals surface area contributed by atoms with Crippen LogP contribution in [-0.2, 0) is 0 Å². The lowest BCUT2D eigenvalue weighted by Gasteiger charge is -2.23. The first-order valence-electron chi connectivity index (χ1n) is 4.10. The molecule has 0 saturated heterocycles. The Morgan fingerprint density at radius 1 is 1.20 bits per heavy atom. The summed E-state index contributed by atoms with van der Waals surface area (Å²) in [5.74, 6) is 0. The van der Waals surface area contributed by atoms with Gasteiger partial charge in [0, 0.05) is 0 Å². The first-order chi connectivity index (χ1) is 4.72. The van der Waals surface area contributed by atoms with E-state index in [4.69, 9.17) is 0 Å². The number of rotatable bonds is 5. The Morgan fingerprint density at radius 3 is 1.80 bits per heavy atom. The van der Waals surface area contributed by atoms with Crippen molar-refractivity contribution in [3.8, 4) is 0 Å².